The fourth-order valence-corrected chi connectivity index (χ4v) is 4.42. The number of carbonyl (C=O) groups is 1. The molecule has 126 valence electrons. The summed E-state index contributed by atoms with van der Waals surface area (Å²) >= 11 is 5.86. The zero-order valence-corrected chi connectivity index (χ0v) is 14.5. The van der Waals surface area contributed by atoms with Crippen molar-refractivity contribution in [2.45, 2.75) is 12.8 Å². The van der Waals surface area contributed by atoms with Crippen molar-refractivity contribution in [2.75, 3.05) is 21.9 Å². The normalized spacial score (nSPS) is 13.6. The van der Waals surface area contributed by atoms with Gasteiger partial charge in [0.1, 0.15) is 0 Å². The Morgan fingerprint density at radius 1 is 1.17 bits per heavy atom. The zero-order chi connectivity index (χ0) is 17.2. The molecule has 1 N–H and O–H groups in total. The summed E-state index contributed by atoms with van der Waals surface area (Å²) in [6, 6.07) is 14.2. The van der Waals surface area contributed by atoms with Crippen LogP contribution in [0.25, 0.3) is 0 Å². The monoisotopic (exact) mass is 364 g/mol. The van der Waals surface area contributed by atoms with Crippen LogP contribution in [0, 0.1) is 0 Å². The number of benzene rings is 2. The minimum Gasteiger partial charge on any atom is -0.326 e. The van der Waals surface area contributed by atoms with Crippen LogP contribution in [0.4, 0.5) is 11.4 Å². The third-order valence-electron chi connectivity index (χ3n) is 3.88. The van der Waals surface area contributed by atoms with Gasteiger partial charge >= 0.3 is 0 Å². The van der Waals surface area contributed by atoms with E-state index in [0.29, 0.717) is 29.4 Å². The molecule has 3 rings (SSSR count). The molecule has 2 aromatic rings. The molecule has 0 saturated carbocycles. The van der Waals surface area contributed by atoms with Gasteiger partial charge in [-0.1, -0.05) is 35.9 Å². The first-order valence-corrected chi connectivity index (χ1v) is 9.58. The maximum Gasteiger partial charge on any atom is 0.235 e. The highest BCUT2D eigenvalue weighted by atomic mass is 35.5. The minimum absolute atomic E-state index is 0.104. The van der Waals surface area contributed by atoms with Crippen molar-refractivity contribution in [3.8, 4) is 0 Å². The molecule has 1 aliphatic rings. The molecule has 0 aromatic heterocycles. The average Bonchev–Trinajstić information content (AvgIpc) is 2.98. The molecule has 0 aliphatic carbocycles. The Bertz CT molecular complexity index is 868. The van der Waals surface area contributed by atoms with Gasteiger partial charge in [0.2, 0.25) is 15.9 Å². The van der Waals surface area contributed by atoms with E-state index in [1.807, 2.05) is 18.2 Å². The summed E-state index contributed by atoms with van der Waals surface area (Å²) < 4.78 is 26.5. The highest BCUT2D eigenvalue weighted by molar-refractivity contribution is 7.92. The lowest BCUT2D eigenvalue weighted by Gasteiger charge is -2.19. The van der Waals surface area contributed by atoms with Gasteiger partial charge in [-0.25, -0.2) is 8.42 Å². The first-order chi connectivity index (χ1) is 11.5. The standard InChI is InChI=1S/C17H17ClN2O3S/c18-14-5-3-6-15(12-14)19-17(21)9-11-24(22,23)20-10-8-13-4-1-2-7-16(13)20/h1-7,12H,8-11H2,(H,19,21). The SMILES string of the molecule is O=C(CCS(=O)(=O)N1CCc2ccccc21)Nc1cccc(Cl)c1. The predicted molar refractivity (Wildman–Crippen MR) is 96.0 cm³/mol. The van der Waals surface area contributed by atoms with E-state index in [1.54, 1.807) is 30.3 Å². The fourth-order valence-electron chi connectivity index (χ4n) is 2.72. The van der Waals surface area contributed by atoms with E-state index >= 15 is 0 Å². The molecule has 0 fully saturated rings. The van der Waals surface area contributed by atoms with Crippen molar-refractivity contribution in [3.63, 3.8) is 0 Å². The van der Waals surface area contributed by atoms with Gasteiger partial charge in [0.15, 0.2) is 0 Å². The molecule has 2 aromatic carbocycles. The van der Waals surface area contributed by atoms with E-state index in [1.165, 1.54) is 4.31 Å². The molecule has 24 heavy (non-hydrogen) atoms. The van der Waals surface area contributed by atoms with Gasteiger partial charge in [0.25, 0.3) is 0 Å². The average molecular weight is 365 g/mol. The molecule has 7 heteroatoms. The second-order valence-corrected chi connectivity index (χ2v) is 8.02. The van der Waals surface area contributed by atoms with Crippen LogP contribution in [-0.2, 0) is 21.2 Å². The van der Waals surface area contributed by atoms with Gasteiger partial charge in [-0.15, -0.1) is 0 Å². The van der Waals surface area contributed by atoms with Crippen LogP contribution in [0.2, 0.25) is 5.02 Å². The summed E-state index contributed by atoms with van der Waals surface area (Å²) in [7, 11) is -3.52. The zero-order valence-electron chi connectivity index (χ0n) is 12.9. The number of amides is 1. The Balaban J connectivity index is 1.63. The molecule has 1 aliphatic heterocycles. The molecule has 0 spiro atoms. The van der Waals surface area contributed by atoms with Crippen LogP contribution in [-0.4, -0.2) is 26.6 Å². The molecule has 0 bridgehead atoms. The van der Waals surface area contributed by atoms with Crippen molar-refractivity contribution in [2.24, 2.45) is 0 Å². The summed E-state index contributed by atoms with van der Waals surface area (Å²) in [5.41, 5.74) is 2.29. The van der Waals surface area contributed by atoms with Crippen molar-refractivity contribution in [3.05, 3.63) is 59.1 Å². The number of carbonyl (C=O) groups excluding carboxylic acids is 1. The lowest BCUT2D eigenvalue weighted by Crippen LogP contribution is -2.32. The van der Waals surface area contributed by atoms with E-state index in [4.69, 9.17) is 11.6 Å². The molecule has 0 unspecified atom stereocenters. The Labute approximate surface area is 146 Å². The van der Waals surface area contributed by atoms with E-state index < -0.39 is 10.0 Å². The first-order valence-electron chi connectivity index (χ1n) is 7.59. The molecule has 0 radical (unpaired) electrons. The highest BCUT2D eigenvalue weighted by Crippen LogP contribution is 2.30. The lowest BCUT2D eigenvalue weighted by atomic mass is 10.2. The summed E-state index contributed by atoms with van der Waals surface area (Å²) in [6.07, 6.45) is 0.595. The molecule has 0 atom stereocenters. The predicted octanol–water partition coefficient (Wildman–Crippen LogP) is 3.06. The van der Waals surface area contributed by atoms with Crippen molar-refractivity contribution >= 4 is 38.9 Å². The van der Waals surface area contributed by atoms with E-state index in [-0.39, 0.29) is 18.1 Å². The molecular weight excluding hydrogens is 348 g/mol. The van der Waals surface area contributed by atoms with Crippen LogP contribution >= 0.6 is 11.6 Å². The number of halogens is 1. The first kappa shape index (κ1) is 16.8. The third-order valence-corrected chi connectivity index (χ3v) is 5.88. The smallest absolute Gasteiger partial charge is 0.235 e. The molecule has 1 heterocycles. The quantitative estimate of drug-likeness (QED) is 0.886. The third kappa shape index (κ3) is 3.71. The Kier molecular flexibility index (Phi) is 4.78. The van der Waals surface area contributed by atoms with Gasteiger partial charge in [0, 0.05) is 23.7 Å². The van der Waals surface area contributed by atoms with Crippen molar-refractivity contribution < 1.29 is 13.2 Å². The van der Waals surface area contributed by atoms with Crippen molar-refractivity contribution in [1.29, 1.82) is 0 Å². The summed E-state index contributed by atoms with van der Waals surface area (Å²) in [6.45, 7) is 0.428. The van der Waals surface area contributed by atoms with E-state index in [9.17, 15) is 13.2 Å². The lowest BCUT2D eigenvalue weighted by molar-refractivity contribution is -0.115. The Morgan fingerprint density at radius 3 is 2.75 bits per heavy atom. The number of hydrogen-bond acceptors (Lipinski definition) is 3. The van der Waals surface area contributed by atoms with Crippen LogP contribution < -0.4 is 9.62 Å². The van der Waals surface area contributed by atoms with Gasteiger partial charge in [-0.05, 0) is 36.2 Å². The fraction of sp³-hybridized carbons (Fsp3) is 0.235. The number of fused-ring (bicyclic) bond motifs is 1. The maximum absolute atomic E-state index is 12.5. The second-order valence-electron chi connectivity index (χ2n) is 5.58. The molecule has 0 saturated heterocycles. The highest BCUT2D eigenvalue weighted by Gasteiger charge is 2.29. The minimum atomic E-state index is -3.52. The number of para-hydroxylation sites is 1. The van der Waals surface area contributed by atoms with Crippen LogP contribution in [0.1, 0.15) is 12.0 Å². The van der Waals surface area contributed by atoms with Crippen LogP contribution in [0.15, 0.2) is 48.5 Å². The second kappa shape index (κ2) is 6.83. The topological polar surface area (TPSA) is 66.5 Å². The number of anilines is 2. The van der Waals surface area contributed by atoms with Crippen molar-refractivity contribution in [1.82, 2.24) is 0 Å². The summed E-state index contributed by atoms with van der Waals surface area (Å²) in [4.78, 5) is 12.0. The van der Waals surface area contributed by atoms with Crippen LogP contribution in [0.3, 0.4) is 0 Å². The summed E-state index contributed by atoms with van der Waals surface area (Å²) in [5.74, 6) is -0.582. The van der Waals surface area contributed by atoms with Gasteiger partial charge in [-0.2, -0.15) is 0 Å². The maximum atomic E-state index is 12.5. The molecular formula is C17H17ClN2O3S. The number of nitrogens with zero attached hydrogens (tertiary/aromatic N) is 1. The largest absolute Gasteiger partial charge is 0.326 e. The van der Waals surface area contributed by atoms with Gasteiger partial charge in [-0.3, -0.25) is 9.10 Å². The van der Waals surface area contributed by atoms with E-state index in [0.717, 1.165) is 5.56 Å². The van der Waals surface area contributed by atoms with Crippen LogP contribution in [0.5, 0.6) is 0 Å². The molecule has 5 nitrogen and oxygen atoms in total. The summed E-state index contributed by atoms with van der Waals surface area (Å²) in [5, 5.41) is 3.17. The number of hydrogen-bond donors (Lipinski definition) is 1. The Hall–Kier alpha value is -2.05. The number of rotatable bonds is 5. The number of nitrogens with one attached hydrogen (secondary N) is 1. The number of sulfonamides is 1. The molecule has 1 amide bonds. The van der Waals surface area contributed by atoms with Gasteiger partial charge < -0.3 is 5.32 Å². The van der Waals surface area contributed by atoms with E-state index in [2.05, 4.69) is 5.32 Å². The van der Waals surface area contributed by atoms with Gasteiger partial charge in [0.05, 0.1) is 11.4 Å². The Morgan fingerprint density at radius 2 is 1.96 bits per heavy atom.